The number of hydrogen-bond acceptors (Lipinski definition) is 4. The minimum atomic E-state index is -0.340. The van der Waals surface area contributed by atoms with Crippen LogP contribution in [0.1, 0.15) is 32.1 Å². The van der Waals surface area contributed by atoms with Gasteiger partial charge in [-0.2, -0.15) is 0 Å². The highest BCUT2D eigenvalue weighted by Crippen LogP contribution is 2.25. The lowest BCUT2D eigenvalue weighted by molar-refractivity contribution is -0.129. The molecule has 2 heterocycles. The van der Waals surface area contributed by atoms with Crippen LogP contribution in [0.5, 0.6) is 5.75 Å². The van der Waals surface area contributed by atoms with Crippen molar-refractivity contribution in [2.45, 2.75) is 38.2 Å². The Hall–Kier alpha value is -2.28. The van der Waals surface area contributed by atoms with Gasteiger partial charge in [0.25, 0.3) is 0 Å². The van der Waals surface area contributed by atoms with E-state index in [1.165, 1.54) is 0 Å². The summed E-state index contributed by atoms with van der Waals surface area (Å²) < 4.78 is 11.4. The number of rotatable bonds is 7. The Morgan fingerprint density at radius 3 is 2.77 bits per heavy atom. The Morgan fingerprint density at radius 2 is 2.00 bits per heavy atom. The van der Waals surface area contributed by atoms with E-state index in [-0.39, 0.29) is 18.0 Å². The van der Waals surface area contributed by atoms with Crippen LogP contribution in [-0.4, -0.2) is 55.8 Å². The number of likely N-dealkylation sites (tertiary alicyclic amines) is 1. The molecule has 0 spiro atoms. The molecule has 3 amide bonds. The number of anilines is 1. The van der Waals surface area contributed by atoms with Crippen LogP contribution >= 0.6 is 0 Å². The lowest BCUT2D eigenvalue weighted by atomic mass is 10.2. The van der Waals surface area contributed by atoms with Crippen LogP contribution in [0.25, 0.3) is 0 Å². The summed E-state index contributed by atoms with van der Waals surface area (Å²) in [5.41, 5.74) is 0.605. The molecule has 26 heavy (non-hydrogen) atoms. The number of carbonyl (C=O) groups excluding carboxylic acids is 2. The first kappa shape index (κ1) is 18.5. The van der Waals surface area contributed by atoms with Gasteiger partial charge in [0.1, 0.15) is 12.4 Å². The number of benzene rings is 1. The quantitative estimate of drug-likeness (QED) is 0.781. The van der Waals surface area contributed by atoms with Gasteiger partial charge in [0.05, 0.1) is 11.8 Å². The van der Waals surface area contributed by atoms with Gasteiger partial charge in [-0.05, 0) is 37.8 Å². The second kappa shape index (κ2) is 9.43. The zero-order valence-electron chi connectivity index (χ0n) is 15.0. The Balaban J connectivity index is 1.42. The van der Waals surface area contributed by atoms with Crippen molar-refractivity contribution in [3.63, 3.8) is 0 Å². The molecule has 2 aliphatic heterocycles. The molecule has 1 aromatic carbocycles. The molecule has 1 aromatic rings. The van der Waals surface area contributed by atoms with E-state index in [0.717, 1.165) is 45.4 Å². The molecule has 7 nitrogen and oxygen atoms in total. The first-order chi connectivity index (χ1) is 12.7. The highest BCUT2D eigenvalue weighted by molar-refractivity contribution is 5.91. The number of nitrogens with one attached hydrogen (secondary N) is 2. The summed E-state index contributed by atoms with van der Waals surface area (Å²) in [6.07, 6.45) is 4.65. The van der Waals surface area contributed by atoms with Crippen LogP contribution in [0, 0.1) is 0 Å². The molecule has 0 radical (unpaired) electrons. The average Bonchev–Trinajstić information content (AvgIpc) is 3.35. The smallest absolute Gasteiger partial charge is 0.319 e. The largest absolute Gasteiger partial charge is 0.489 e. The highest BCUT2D eigenvalue weighted by atomic mass is 16.5. The van der Waals surface area contributed by atoms with Gasteiger partial charge in [0.2, 0.25) is 5.91 Å². The normalized spacial score (nSPS) is 19.4. The third kappa shape index (κ3) is 5.36. The molecule has 0 aromatic heterocycles. The van der Waals surface area contributed by atoms with Crippen molar-refractivity contribution < 1.29 is 19.1 Å². The van der Waals surface area contributed by atoms with E-state index >= 15 is 0 Å². The van der Waals surface area contributed by atoms with Crippen LogP contribution in [0.4, 0.5) is 10.5 Å². The van der Waals surface area contributed by atoms with Gasteiger partial charge < -0.3 is 25.0 Å². The fourth-order valence-electron chi connectivity index (χ4n) is 3.23. The Kier molecular flexibility index (Phi) is 6.71. The molecule has 7 heteroatoms. The molecule has 2 N–H and O–H groups in total. The molecule has 1 atom stereocenters. The Labute approximate surface area is 154 Å². The SMILES string of the molecule is O=C(NCCC(=O)N1CCCC1)Nc1ccccc1OC[C@@H]1CCCO1. The fraction of sp³-hybridized carbons (Fsp3) is 0.579. The molecule has 3 rings (SSSR count). The third-order valence-corrected chi connectivity index (χ3v) is 4.67. The van der Waals surface area contributed by atoms with Gasteiger partial charge in [-0.15, -0.1) is 0 Å². The number of amides is 3. The summed E-state index contributed by atoms with van der Waals surface area (Å²) in [5.74, 6) is 0.717. The topological polar surface area (TPSA) is 79.9 Å². The first-order valence-electron chi connectivity index (χ1n) is 9.38. The van der Waals surface area contributed by atoms with Gasteiger partial charge in [-0.1, -0.05) is 12.1 Å². The number of hydrogen-bond donors (Lipinski definition) is 2. The van der Waals surface area contributed by atoms with Crippen LogP contribution in [0.3, 0.4) is 0 Å². The molecule has 2 aliphatic rings. The van der Waals surface area contributed by atoms with Crippen molar-refractivity contribution in [3.8, 4) is 5.75 Å². The molecule has 142 valence electrons. The van der Waals surface area contributed by atoms with Crippen molar-refractivity contribution in [3.05, 3.63) is 24.3 Å². The van der Waals surface area contributed by atoms with E-state index in [2.05, 4.69) is 10.6 Å². The maximum Gasteiger partial charge on any atom is 0.319 e. The van der Waals surface area contributed by atoms with Gasteiger partial charge in [-0.25, -0.2) is 4.79 Å². The van der Waals surface area contributed by atoms with Crippen molar-refractivity contribution >= 4 is 17.6 Å². The maximum atomic E-state index is 12.1. The van der Waals surface area contributed by atoms with E-state index in [4.69, 9.17) is 9.47 Å². The summed E-state index contributed by atoms with van der Waals surface area (Å²) in [5, 5.41) is 5.52. The molecular formula is C19H27N3O4. The zero-order valence-corrected chi connectivity index (χ0v) is 15.0. The van der Waals surface area contributed by atoms with Gasteiger partial charge in [-0.3, -0.25) is 4.79 Å². The van der Waals surface area contributed by atoms with Crippen LogP contribution in [0.2, 0.25) is 0 Å². The van der Waals surface area contributed by atoms with Gasteiger partial charge >= 0.3 is 6.03 Å². The van der Waals surface area contributed by atoms with Crippen molar-refractivity contribution in [2.24, 2.45) is 0 Å². The second-order valence-corrected chi connectivity index (χ2v) is 6.66. The number of carbonyl (C=O) groups is 2. The van der Waals surface area contributed by atoms with Crippen molar-refractivity contribution in [1.82, 2.24) is 10.2 Å². The minimum Gasteiger partial charge on any atom is -0.489 e. The highest BCUT2D eigenvalue weighted by Gasteiger charge is 2.18. The number of urea groups is 1. The van der Waals surface area contributed by atoms with Crippen molar-refractivity contribution in [1.29, 1.82) is 0 Å². The Morgan fingerprint density at radius 1 is 1.19 bits per heavy atom. The van der Waals surface area contributed by atoms with E-state index < -0.39 is 0 Å². The predicted molar refractivity (Wildman–Crippen MR) is 98.4 cm³/mol. The summed E-state index contributed by atoms with van der Waals surface area (Å²) in [6, 6.07) is 6.97. The monoisotopic (exact) mass is 361 g/mol. The summed E-state index contributed by atoms with van der Waals surface area (Å²) in [6.45, 7) is 3.25. The summed E-state index contributed by atoms with van der Waals surface area (Å²) >= 11 is 0. The molecule has 2 fully saturated rings. The molecular weight excluding hydrogens is 334 g/mol. The standard InChI is InChI=1S/C19H27N3O4/c23-18(22-11-3-4-12-22)9-10-20-19(24)21-16-7-1-2-8-17(16)26-14-15-6-5-13-25-15/h1-2,7-8,15H,3-6,9-14H2,(H2,20,21,24)/t15-/m0/s1. The van der Waals surface area contributed by atoms with Crippen LogP contribution in [0.15, 0.2) is 24.3 Å². The first-order valence-corrected chi connectivity index (χ1v) is 9.38. The third-order valence-electron chi connectivity index (χ3n) is 4.67. The lowest BCUT2D eigenvalue weighted by Crippen LogP contribution is -2.34. The average molecular weight is 361 g/mol. The second-order valence-electron chi connectivity index (χ2n) is 6.66. The maximum absolute atomic E-state index is 12.1. The zero-order chi connectivity index (χ0) is 18.2. The van der Waals surface area contributed by atoms with E-state index in [1.807, 2.05) is 23.1 Å². The van der Waals surface area contributed by atoms with Crippen LogP contribution < -0.4 is 15.4 Å². The molecule has 0 bridgehead atoms. The summed E-state index contributed by atoms with van der Waals surface area (Å²) in [4.78, 5) is 25.9. The summed E-state index contributed by atoms with van der Waals surface area (Å²) in [7, 11) is 0. The number of para-hydroxylation sites is 2. The van der Waals surface area contributed by atoms with E-state index in [9.17, 15) is 9.59 Å². The van der Waals surface area contributed by atoms with Gasteiger partial charge in [0, 0.05) is 32.7 Å². The fourth-order valence-corrected chi connectivity index (χ4v) is 3.23. The number of nitrogens with zero attached hydrogens (tertiary/aromatic N) is 1. The lowest BCUT2D eigenvalue weighted by Gasteiger charge is -2.16. The van der Waals surface area contributed by atoms with E-state index in [1.54, 1.807) is 6.07 Å². The van der Waals surface area contributed by atoms with Crippen LogP contribution in [-0.2, 0) is 9.53 Å². The molecule has 0 aliphatic carbocycles. The molecule has 0 saturated carbocycles. The minimum absolute atomic E-state index is 0.100. The number of ether oxygens (including phenoxy) is 2. The molecule has 0 unspecified atom stereocenters. The predicted octanol–water partition coefficient (Wildman–Crippen LogP) is 2.38. The van der Waals surface area contributed by atoms with E-state index in [0.29, 0.717) is 31.0 Å². The molecule has 2 saturated heterocycles. The van der Waals surface area contributed by atoms with Crippen molar-refractivity contribution in [2.75, 3.05) is 38.2 Å². The Bertz CT molecular complexity index is 611. The van der Waals surface area contributed by atoms with Gasteiger partial charge in [0.15, 0.2) is 0 Å².